The van der Waals surface area contributed by atoms with Gasteiger partial charge < -0.3 is 10.1 Å². The molecule has 0 aliphatic rings. The Balaban J connectivity index is 2.07. The van der Waals surface area contributed by atoms with Gasteiger partial charge in [0, 0.05) is 19.1 Å². The van der Waals surface area contributed by atoms with E-state index in [9.17, 15) is 0 Å². The Bertz CT molecular complexity index is 323. The van der Waals surface area contributed by atoms with E-state index in [4.69, 9.17) is 4.74 Å². The quantitative estimate of drug-likeness (QED) is 0.688. The molecule has 0 bridgehead atoms. The normalized spacial score (nSPS) is 12.9. The van der Waals surface area contributed by atoms with Crippen LogP contribution >= 0.6 is 0 Å². The molecule has 104 valence electrons. The van der Waals surface area contributed by atoms with Crippen molar-refractivity contribution in [3.63, 3.8) is 0 Å². The fourth-order valence-corrected chi connectivity index (χ4v) is 1.75. The van der Waals surface area contributed by atoms with Crippen molar-refractivity contribution in [3.8, 4) is 5.75 Å². The molecule has 0 aliphatic heterocycles. The van der Waals surface area contributed by atoms with Gasteiger partial charge in [-0.1, -0.05) is 13.8 Å². The van der Waals surface area contributed by atoms with Crippen molar-refractivity contribution in [1.82, 2.24) is 15.1 Å². The zero-order valence-electron chi connectivity index (χ0n) is 12.1. The predicted octanol–water partition coefficient (Wildman–Crippen LogP) is 2.70. The first-order valence-electron chi connectivity index (χ1n) is 7.00. The highest BCUT2D eigenvalue weighted by Crippen LogP contribution is 2.08. The minimum Gasteiger partial charge on any atom is -0.489 e. The van der Waals surface area contributed by atoms with E-state index < -0.39 is 0 Å². The van der Waals surface area contributed by atoms with Crippen LogP contribution in [-0.2, 0) is 6.54 Å². The molecule has 1 N–H and O–H groups in total. The summed E-state index contributed by atoms with van der Waals surface area (Å²) in [6.45, 7) is 11.3. The zero-order valence-corrected chi connectivity index (χ0v) is 12.1. The molecule has 4 heteroatoms. The van der Waals surface area contributed by atoms with Crippen LogP contribution < -0.4 is 10.1 Å². The number of aromatic nitrogens is 2. The van der Waals surface area contributed by atoms with E-state index in [1.165, 1.54) is 12.8 Å². The minimum atomic E-state index is 0.564. The molecule has 0 aromatic carbocycles. The molecule has 0 aliphatic carbocycles. The van der Waals surface area contributed by atoms with E-state index in [1.807, 2.05) is 10.9 Å². The van der Waals surface area contributed by atoms with Gasteiger partial charge in [-0.3, -0.25) is 4.68 Å². The van der Waals surface area contributed by atoms with Gasteiger partial charge in [-0.2, -0.15) is 5.10 Å². The molecule has 0 fully saturated rings. The summed E-state index contributed by atoms with van der Waals surface area (Å²) in [6, 6.07) is 0.564. The third kappa shape index (κ3) is 6.05. The molecule has 1 unspecified atom stereocenters. The SMILES string of the molecule is CCn1cc(OCCNC(C)CCC(C)C)cn1. The van der Waals surface area contributed by atoms with Gasteiger partial charge in [-0.15, -0.1) is 0 Å². The van der Waals surface area contributed by atoms with Crippen molar-refractivity contribution in [2.45, 2.75) is 53.1 Å². The Hall–Kier alpha value is -1.03. The van der Waals surface area contributed by atoms with E-state index in [0.29, 0.717) is 12.6 Å². The Morgan fingerprint density at radius 3 is 2.72 bits per heavy atom. The third-order valence-electron chi connectivity index (χ3n) is 2.97. The molecule has 0 spiro atoms. The number of ether oxygens (including phenoxy) is 1. The van der Waals surface area contributed by atoms with Crippen LogP contribution in [0.2, 0.25) is 0 Å². The number of nitrogens with zero attached hydrogens (tertiary/aromatic N) is 2. The Morgan fingerprint density at radius 1 is 1.33 bits per heavy atom. The lowest BCUT2D eigenvalue weighted by Crippen LogP contribution is -2.30. The second kappa shape index (κ2) is 8.14. The van der Waals surface area contributed by atoms with Crippen molar-refractivity contribution < 1.29 is 4.74 Å². The third-order valence-corrected chi connectivity index (χ3v) is 2.97. The highest BCUT2D eigenvalue weighted by atomic mass is 16.5. The van der Waals surface area contributed by atoms with Crippen LogP contribution in [0.1, 0.15) is 40.5 Å². The minimum absolute atomic E-state index is 0.564. The number of rotatable bonds is 9. The van der Waals surface area contributed by atoms with Crippen LogP contribution in [0.25, 0.3) is 0 Å². The predicted molar refractivity (Wildman–Crippen MR) is 74.9 cm³/mol. The van der Waals surface area contributed by atoms with E-state index >= 15 is 0 Å². The average Bonchev–Trinajstić information content (AvgIpc) is 2.80. The monoisotopic (exact) mass is 253 g/mol. The van der Waals surface area contributed by atoms with Crippen LogP contribution in [0.15, 0.2) is 12.4 Å². The highest BCUT2D eigenvalue weighted by Gasteiger charge is 2.03. The topological polar surface area (TPSA) is 39.1 Å². The summed E-state index contributed by atoms with van der Waals surface area (Å²) in [5.41, 5.74) is 0. The number of hydrogen-bond acceptors (Lipinski definition) is 3. The molecule has 1 atom stereocenters. The van der Waals surface area contributed by atoms with Crippen LogP contribution in [0.3, 0.4) is 0 Å². The molecule has 0 amide bonds. The summed E-state index contributed by atoms with van der Waals surface area (Å²) in [5.74, 6) is 1.64. The Morgan fingerprint density at radius 2 is 2.11 bits per heavy atom. The summed E-state index contributed by atoms with van der Waals surface area (Å²) in [4.78, 5) is 0. The molecule has 0 saturated carbocycles. The van der Waals surface area contributed by atoms with Crippen molar-refractivity contribution in [2.24, 2.45) is 5.92 Å². The molecule has 1 heterocycles. The number of aryl methyl sites for hydroxylation is 1. The Labute approximate surface area is 111 Å². The standard InChI is InChI=1S/C14H27N3O/c1-5-17-11-14(10-16-17)18-9-8-15-13(4)7-6-12(2)3/h10-13,15H,5-9H2,1-4H3. The molecular formula is C14H27N3O. The molecule has 0 radical (unpaired) electrons. The first-order valence-corrected chi connectivity index (χ1v) is 7.00. The van der Waals surface area contributed by atoms with Gasteiger partial charge in [0.05, 0.1) is 12.4 Å². The number of nitrogens with one attached hydrogen (secondary N) is 1. The van der Waals surface area contributed by atoms with Crippen LogP contribution in [0.5, 0.6) is 5.75 Å². The van der Waals surface area contributed by atoms with Gasteiger partial charge in [0.2, 0.25) is 0 Å². The number of hydrogen-bond donors (Lipinski definition) is 1. The van der Waals surface area contributed by atoms with Crippen molar-refractivity contribution in [1.29, 1.82) is 0 Å². The fourth-order valence-electron chi connectivity index (χ4n) is 1.75. The van der Waals surface area contributed by atoms with Crippen molar-refractivity contribution >= 4 is 0 Å². The average molecular weight is 253 g/mol. The van der Waals surface area contributed by atoms with Crippen molar-refractivity contribution in [3.05, 3.63) is 12.4 Å². The molecule has 1 aromatic heterocycles. The van der Waals surface area contributed by atoms with E-state index in [0.717, 1.165) is 24.8 Å². The van der Waals surface area contributed by atoms with Crippen LogP contribution in [0, 0.1) is 5.92 Å². The lowest BCUT2D eigenvalue weighted by atomic mass is 10.0. The maximum atomic E-state index is 5.62. The first-order chi connectivity index (χ1) is 8.61. The Kier molecular flexibility index (Phi) is 6.80. The van der Waals surface area contributed by atoms with E-state index in [1.54, 1.807) is 6.20 Å². The fraction of sp³-hybridized carbons (Fsp3) is 0.786. The molecular weight excluding hydrogens is 226 g/mol. The zero-order chi connectivity index (χ0) is 13.4. The van der Waals surface area contributed by atoms with Crippen LogP contribution in [-0.4, -0.2) is 29.0 Å². The molecule has 1 aromatic rings. The first kappa shape index (κ1) is 15.0. The molecule has 0 saturated heterocycles. The van der Waals surface area contributed by atoms with Crippen molar-refractivity contribution in [2.75, 3.05) is 13.2 Å². The molecule has 1 rings (SSSR count). The summed E-state index contributed by atoms with van der Waals surface area (Å²) in [5, 5.41) is 7.65. The summed E-state index contributed by atoms with van der Waals surface area (Å²) < 4.78 is 7.49. The largest absolute Gasteiger partial charge is 0.489 e. The second-order valence-electron chi connectivity index (χ2n) is 5.21. The summed E-state index contributed by atoms with van der Waals surface area (Å²) >= 11 is 0. The maximum absolute atomic E-state index is 5.62. The van der Waals surface area contributed by atoms with E-state index in [-0.39, 0.29) is 0 Å². The second-order valence-corrected chi connectivity index (χ2v) is 5.21. The summed E-state index contributed by atoms with van der Waals surface area (Å²) in [7, 11) is 0. The van der Waals surface area contributed by atoms with Gasteiger partial charge in [0.25, 0.3) is 0 Å². The molecule has 18 heavy (non-hydrogen) atoms. The van der Waals surface area contributed by atoms with Gasteiger partial charge in [0.15, 0.2) is 5.75 Å². The maximum Gasteiger partial charge on any atom is 0.157 e. The lowest BCUT2D eigenvalue weighted by molar-refractivity contribution is 0.302. The van der Waals surface area contributed by atoms with E-state index in [2.05, 4.69) is 38.1 Å². The van der Waals surface area contributed by atoms with Gasteiger partial charge in [0.1, 0.15) is 6.61 Å². The molecule has 4 nitrogen and oxygen atoms in total. The van der Waals surface area contributed by atoms with Gasteiger partial charge >= 0.3 is 0 Å². The van der Waals surface area contributed by atoms with Crippen LogP contribution in [0.4, 0.5) is 0 Å². The van der Waals surface area contributed by atoms with Gasteiger partial charge in [-0.05, 0) is 32.6 Å². The van der Waals surface area contributed by atoms with Gasteiger partial charge in [-0.25, -0.2) is 0 Å². The lowest BCUT2D eigenvalue weighted by Gasteiger charge is -2.14. The summed E-state index contributed by atoms with van der Waals surface area (Å²) in [6.07, 6.45) is 6.21. The smallest absolute Gasteiger partial charge is 0.157 e. The highest BCUT2D eigenvalue weighted by molar-refractivity contribution is 5.11.